The second-order valence-corrected chi connectivity index (χ2v) is 3.66. The van der Waals surface area contributed by atoms with Crippen molar-refractivity contribution in [2.24, 2.45) is 0 Å². The number of halogens is 3. The Morgan fingerprint density at radius 3 is 2.00 bits per heavy atom. The molecule has 0 heterocycles. The summed E-state index contributed by atoms with van der Waals surface area (Å²) in [5, 5.41) is 0. The zero-order valence-corrected chi connectivity index (χ0v) is 9.33. The van der Waals surface area contributed by atoms with Crippen LogP contribution < -0.4 is 0 Å². The Morgan fingerprint density at radius 2 is 1.33 bits per heavy atom. The minimum Gasteiger partial charge on any atom is -0.166 e. The summed E-state index contributed by atoms with van der Waals surface area (Å²) in [4.78, 5) is 0. The molecule has 0 radical (unpaired) electrons. The maximum absolute atomic E-state index is 12.7. The van der Waals surface area contributed by atoms with Gasteiger partial charge in [0.2, 0.25) is 0 Å². The number of hydrogen-bond donors (Lipinski definition) is 0. The summed E-state index contributed by atoms with van der Waals surface area (Å²) < 4.78 is 38.1. The fraction of sp³-hybridized carbons (Fsp3) is 0.0667. The molecule has 2 rings (SSSR count). The number of hydrogen-bond acceptors (Lipinski definition) is 0. The van der Waals surface area contributed by atoms with Gasteiger partial charge in [-0.25, -0.2) is 0 Å². The third kappa shape index (κ3) is 2.92. The maximum Gasteiger partial charge on any atom is 0.417 e. The van der Waals surface area contributed by atoms with Crippen molar-refractivity contribution in [3.8, 4) is 11.8 Å². The molecule has 0 spiro atoms. The molecule has 0 atom stereocenters. The predicted octanol–water partition coefficient (Wildman–Crippen LogP) is 4.11. The molecule has 0 amide bonds. The van der Waals surface area contributed by atoms with E-state index in [-0.39, 0.29) is 5.56 Å². The van der Waals surface area contributed by atoms with Crippen LogP contribution >= 0.6 is 0 Å². The second kappa shape index (κ2) is 4.97. The Hall–Kier alpha value is -2.21. The largest absolute Gasteiger partial charge is 0.417 e. The monoisotopic (exact) mass is 246 g/mol. The van der Waals surface area contributed by atoms with Gasteiger partial charge in [-0.2, -0.15) is 13.2 Å². The topological polar surface area (TPSA) is 0 Å². The van der Waals surface area contributed by atoms with E-state index < -0.39 is 11.7 Å². The number of benzene rings is 2. The maximum atomic E-state index is 12.7. The molecule has 90 valence electrons. The summed E-state index contributed by atoms with van der Waals surface area (Å²) >= 11 is 0. The first kappa shape index (κ1) is 12.3. The molecular formula is C15H9F3. The van der Waals surface area contributed by atoms with Crippen LogP contribution in [0.25, 0.3) is 0 Å². The van der Waals surface area contributed by atoms with E-state index in [1.807, 2.05) is 6.07 Å². The van der Waals surface area contributed by atoms with Crippen molar-refractivity contribution in [3.63, 3.8) is 0 Å². The molecule has 0 saturated carbocycles. The van der Waals surface area contributed by atoms with Gasteiger partial charge in [-0.1, -0.05) is 42.2 Å². The fourth-order valence-electron chi connectivity index (χ4n) is 1.50. The fourth-order valence-corrected chi connectivity index (χ4v) is 1.50. The Kier molecular flexibility index (Phi) is 3.38. The van der Waals surface area contributed by atoms with E-state index in [0.29, 0.717) is 5.56 Å². The van der Waals surface area contributed by atoms with Gasteiger partial charge >= 0.3 is 6.18 Å². The van der Waals surface area contributed by atoms with Crippen molar-refractivity contribution < 1.29 is 13.2 Å². The van der Waals surface area contributed by atoms with Gasteiger partial charge in [0.15, 0.2) is 0 Å². The van der Waals surface area contributed by atoms with Gasteiger partial charge in [-0.05, 0) is 24.3 Å². The highest BCUT2D eigenvalue weighted by atomic mass is 19.4. The average Bonchev–Trinajstić information content (AvgIpc) is 2.37. The molecule has 0 fully saturated rings. The van der Waals surface area contributed by atoms with Crippen molar-refractivity contribution in [3.05, 3.63) is 71.3 Å². The second-order valence-electron chi connectivity index (χ2n) is 3.66. The number of alkyl halides is 3. The van der Waals surface area contributed by atoms with Gasteiger partial charge in [-0.3, -0.25) is 0 Å². The van der Waals surface area contributed by atoms with Crippen LogP contribution in [-0.4, -0.2) is 0 Å². The van der Waals surface area contributed by atoms with Gasteiger partial charge < -0.3 is 0 Å². The van der Waals surface area contributed by atoms with Crippen molar-refractivity contribution in [2.45, 2.75) is 6.18 Å². The molecule has 0 aliphatic heterocycles. The summed E-state index contributed by atoms with van der Waals surface area (Å²) in [7, 11) is 0. The summed E-state index contributed by atoms with van der Waals surface area (Å²) in [6, 6.07) is 14.2. The molecule has 0 aliphatic rings. The number of rotatable bonds is 0. The van der Waals surface area contributed by atoms with Crippen molar-refractivity contribution in [2.75, 3.05) is 0 Å². The first-order valence-corrected chi connectivity index (χ1v) is 5.30. The standard InChI is InChI=1S/C15H9F3/c16-15(17,18)14-9-5-4-8-13(14)11-10-12-6-2-1-3-7-12/h1-9H. The van der Waals surface area contributed by atoms with Gasteiger partial charge in [0.1, 0.15) is 0 Å². The molecule has 0 unspecified atom stereocenters. The van der Waals surface area contributed by atoms with Crippen LogP contribution in [0, 0.1) is 11.8 Å². The van der Waals surface area contributed by atoms with Crippen LogP contribution in [0.1, 0.15) is 16.7 Å². The zero-order valence-electron chi connectivity index (χ0n) is 9.33. The Balaban J connectivity index is 2.39. The van der Waals surface area contributed by atoms with E-state index in [1.54, 1.807) is 30.3 Å². The summed E-state index contributed by atoms with van der Waals surface area (Å²) in [5.41, 5.74) is -0.0169. The molecule has 0 saturated heterocycles. The van der Waals surface area contributed by atoms with E-state index in [0.717, 1.165) is 6.07 Å². The lowest BCUT2D eigenvalue weighted by Crippen LogP contribution is -2.07. The Labute approximate surface area is 103 Å². The predicted molar refractivity (Wildman–Crippen MR) is 63.9 cm³/mol. The highest BCUT2D eigenvalue weighted by molar-refractivity contribution is 5.47. The van der Waals surface area contributed by atoms with Gasteiger partial charge in [0, 0.05) is 11.1 Å². The van der Waals surface area contributed by atoms with E-state index >= 15 is 0 Å². The van der Waals surface area contributed by atoms with Crippen molar-refractivity contribution in [1.82, 2.24) is 0 Å². The van der Waals surface area contributed by atoms with Gasteiger partial charge in [0.05, 0.1) is 5.56 Å². The highest BCUT2D eigenvalue weighted by Crippen LogP contribution is 2.31. The van der Waals surface area contributed by atoms with Crippen LogP contribution in [0.4, 0.5) is 13.2 Å². The molecule has 0 bridgehead atoms. The van der Waals surface area contributed by atoms with Crippen LogP contribution in [0.3, 0.4) is 0 Å². The average molecular weight is 246 g/mol. The van der Waals surface area contributed by atoms with E-state index in [9.17, 15) is 13.2 Å². The molecule has 0 aliphatic carbocycles. The molecule has 18 heavy (non-hydrogen) atoms. The van der Waals surface area contributed by atoms with Crippen LogP contribution in [-0.2, 0) is 6.18 Å². The third-order valence-corrected chi connectivity index (χ3v) is 2.35. The van der Waals surface area contributed by atoms with E-state index in [4.69, 9.17) is 0 Å². The Bertz CT molecular complexity index is 586. The normalized spacial score (nSPS) is 10.6. The van der Waals surface area contributed by atoms with Gasteiger partial charge in [0.25, 0.3) is 0 Å². The summed E-state index contributed by atoms with van der Waals surface area (Å²) in [6.45, 7) is 0. The van der Waals surface area contributed by atoms with Crippen molar-refractivity contribution in [1.29, 1.82) is 0 Å². The first-order valence-electron chi connectivity index (χ1n) is 5.30. The third-order valence-electron chi connectivity index (χ3n) is 2.35. The quantitative estimate of drug-likeness (QED) is 0.614. The van der Waals surface area contributed by atoms with Crippen LogP contribution in [0.2, 0.25) is 0 Å². The minimum absolute atomic E-state index is 0.00569. The van der Waals surface area contributed by atoms with Gasteiger partial charge in [-0.15, -0.1) is 0 Å². The highest BCUT2D eigenvalue weighted by Gasteiger charge is 2.32. The summed E-state index contributed by atoms with van der Waals surface area (Å²) in [5.74, 6) is 5.29. The Morgan fingerprint density at radius 1 is 0.722 bits per heavy atom. The molecule has 2 aromatic carbocycles. The summed E-state index contributed by atoms with van der Waals surface area (Å²) in [6.07, 6.45) is -4.37. The first-order chi connectivity index (χ1) is 8.57. The smallest absolute Gasteiger partial charge is 0.166 e. The molecule has 2 aromatic rings. The lowest BCUT2D eigenvalue weighted by Gasteiger charge is -2.07. The van der Waals surface area contributed by atoms with Crippen LogP contribution in [0.5, 0.6) is 0 Å². The SMILES string of the molecule is FC(F)(F)c1ccccc1C#Cc1ccccc1. The van der Waals surface area contributed by atoms with Crippen molar-refractivity contribution >= 4 is 0 Å². The minimum atomic E-state index is -4.37. The molecule has 0 N–H and O–H groups in total. The molecular weight excluding hydrogens is 237 g/mol. The molecule has 0 nitrogen and oxygen atoms in total. The van der Waals surface area contributed by atoms with Crippen LogP contribution in [0.15, 0.2) is 54.6 Å². The van der Waals surface area contributed by atoms with E-state index in [1.165, 1.54) is 12.1 Å². The lowest BCUT2D eigenvalue weighted by atomic mass is 10.1. The zero-order chi connectivity index (χ0) is 13.0. The lowest BCUT2D eigenvalue weighted by molar-refractivity contribution is -0.137. The molecule has 3 heteroatoms. The van der Waals surface area contributed by atoms with E-state index in [2.05, 4.69) is 11.8 Å². The molecule has 0 aromatic heterocycles.